The van der Waals surface area contributed by atoms with Crippen molar-refractivity contribution in [3.05, 3.63) is 40.6 Å². The zero-order valence-electron chi connectivity index (χ0n) is 11.0. The number of pyridine rings is 1. The van der Waals surface area contributed by atoms with Gasteiger partial charge in [-0.05, 0) is 36.8 Å². The Hall–Kier alpha value is -1.82. The first-order valence-electron chi connectivity index (χ1n) is 6.21. The predicted octanol–water partition coefficient (Wildman–Crippen LogP) is 4.10. The fourth-order valence-corrected chi connectivity index (χ4v) is 1.93. The van der Waals surface area contributed by atoms with E-state index in [0.29, 0.717) is 29.7 Å². The molecule has 0 amide bonds. The number of nitrogens with two attached hydrogens (primary N) is 1. The third-order valence-electron chi connectivity index (χ3n) is 2.52. The molecule has 1 aromatic carbocycles. The summed E-state index contributed by atoms with van der Waals surface area (Å²) in [5.74, 6) is 0.470. The first kappa shape index (κ1) is 14.6. The zero-order valence-corrected chi connectivity index (χ0v) is 12.6. The van der Waals surface area contributed by atoms with Gasteiger partial charge in [0.25, 0.3) is 0 Å². The number of nitrogens with zero attached hydrogens (tertiary/aromatic N) is 1. The van der Waals surface area contributed by atoms with Crippen LogP contribution >= 0.6 is 15.9 Å². The van der Waals surface area contributed by atoms with Crippen molar-refractivity contribution in [1.82, 2.24) is 4.98 Å². The van der Waals surface area contributed by atoms with E-state index in [2.05, 4.69) is 26.2 Å². The van der Waals surface area contributed by atoms with Crippen LogP contribution in [-0.2, 0) is 0 Å². The molecule has 0 aliphatic rings. The summed E-state index contributed by atoms with van der Waals surface area (Å²) >= 11 is 3.30. The van der Waals surface area contributed by atoms with E-state index in [0.717, 1.165) is 10.9 Å². The molecule has 0 aliphatic carbocycles. The van der Waals surface area contributed by atoms with Gasteiger partial charge in [0.05, 0.1) is 18.0 Å². The first-order chi connectivity index (χ1) is 9.60. The molecule has 1 heterocycles. The molecule has 2 rings (SSSR count). The number of nitrogen functional groups attached to an aromatic ring is 1. The van der Waals surface area contributed by atoms with E-state index in [1.165, 1.54) is 6.07 Å². The van der Waals surface area contributed by atoms with Crippen LogP contribution in [0.2, 0.25) is 0 Å². The van der Waals surface area contributed by atoms with Crippen molar-refractivity contribution >= 4 is 33.1 Å². The lowest BCUT2D eigenvalue weighted by atomic mass is 10.3. The molecule has 106 valence electrons. The summed E-state index contributed by atoms with van der Waals surface area (Å²) in [5.41, 5.74) is 6.57. The maximum atomic E-state index is 13.7. The Morgan fingerprint density at radius 3 is 2.90 bits per heavy atom. The number of halogens is 2. The van der Waals surface area contributed by atoms with Gasteiger partial charge >= 0.3 is 0 Å². The van der Waals surface area contributed by atoms with Crippen molar-refractivity contribution in [2.24, 2.45) is 0 Å². The van der Waals surface area contributed by atoms with Gasteiger partial charge in [-0.3, -0.25) is 0 Å². The standard InChI is InChI=1S/C14H15BrFN3O/c1-2-7-20-14-11(17)5-6-13(19-14)18-12-8-9(15)3-4-10(12)16/h3-6,8H,2,7,17H2,1H3,(H,18,19). The average Bonchev–Trinajstić information content (AvgIpc) is 2.43. The van der Waals surface area contributed by atoms with Crippen molar-refractivity contribution in [1.29, 1.82) is 0 Å². The second-order valence-corrected chi connectivity index (χ2v) is 5.10. The second-order valence-electron chi connectivity index (χ2n) is 4.19. The Labute approximate surface area is 125 Å². The quantitative estimate of drug-likeness (QED) is 0.860. The van der Waals surface area contributed by atoms with E-state index >= 15 is 0 Å². The molecule has 0 fully saturated rings. The number of nitrogens with one attached hydrogen (secondary N) is 1. The highest BCUT2D eigenvalue weighted by molar-refractivity contribution is 9.10. The number of aromatic nitrogens is 1. The number of benzene rings is 1. The van der Waals surface area contributed by atoms with Gasteiger partial charge in [0.1, 0.15) is 11.6 Å². The highest BCUT2D eigenvalue weighted by Gasteiger charge is 2.07. The molecule has 4 nitrogen and oxygen atoms in total. The molecule has 0 spiro atoms. The maximum Gasteiger partial charge on any atom is 0.239 e. The molecule has 0 unspecified atom stereocenters. The minimum atomic E-state index is -0.358. The van der Waals surface area contributed by atoms with Crippen molar-refractivity contribution in [2.75, 3.05) is 17.7 Å². The van der Waals surface area contributed by atoms with Crippen molar-refractivity contribution in [3.8, 4) is 5.88 Å². The van der Waals surface area contributed by atoms with Crippen molar-refractivity contribution in [3.63, 3.8) is 0 Å². The van der Waals surface area contributed by atoms with Crippen LogP contribution < -0.4 is 15.8 Å². The number of hydrogen-bond acceptors (Lipinski definition) is 4. The van der Waals surface area contributed by atoms with Crippen molar-refractivity contribution < 1.29 is 9.13 Å². The fraction of sp³-hybridized carbons (Fsp3) is 0.214. The first-order valence-corrected chi connectivity index (χ1v) is 7.01. The number of hydrogen-bond donors (Lipinski definition) is 2. The molecule has 0 radical (unpaired) electrons. The van der Waals surface area contributed by atoms with Gasteiger partial charge in [-0.1, -0.05) is 22.9 Å². The molecule has 0 saturated heterocycles. The minimum absolute atomic E-state index is 0.332. The topological polar surface area (TPSA) is 60.2 Å². The largest absolute Gasteiger partial charge is 0.476 e. The van der Waals surface area contributed by atoms with Gasteiger partial charge in [-0.25, -0.2) is 4.39 Å². The highest BCUT2D eigenvalue weighted by Crippen LogP contribution is 2.26. The monoisotopic (exact) mass is 339 g/mol. The van der Waals surface area contributed by atoms with Crippen LogP contribution in [-0.4, -0.2) is 11.6 Å². The van der Waals surface area contributed by atoms with Crippen LogP contribution in [0.15, 0.2) is 34.8 Å². The Morgan fingerprint density at radius 1 is 1.35 bits per heavy atom. The van der Waals surface area contributed by atoms with E-state index in [-0.39, 0.29) is 5.82 Å². The molecule has 0 bridgehead atoms. The summed E-state index contributed by atoms with van der Waals surface area (Å²) in [6.07, 6.45) is 0.860. The number of rotatable bonds is 5. The van der Waals surface area contributed by atoms with Crippen LogP contribution in [0, 0.1) is 5.82 Å². The third-order valence-corrected chi connectivity index (χ3v) is 3.02. The Balaban J connectivity index is 2.22. The third kappa shape index (κ3) is 3.60. The molecular weight excluding hydrogens is 325 g/mol. The summed E-state index contributed by atoms with van der Waals surface area (Å²) in [5, 5.41) is 2.91. The lowest BCUT2D eigenvalue weighted by Gasteiger charge is -2.11. The molecule has 0 atom stereocenters. The smallest absolute Gasteiger partial charge is 0.239 e. The van der Waals surface area contributed by atoms with E-state index in [9.17, 15) is 4.39 Å². The number of anilines is 3. The molecule has 2 aromatic rings. The van der Waals surface area contributed by atoms with Gasteiger partial charge in [0.15, 0.2) is 0 Å². The van der Waals surface area contributed by atoms with Crippen LogP contribution in [0.3, 0.4) is 0 Å². The van der Waals surface area contributed by atoms with Gasteiger partial charge in [-0.15, -0.1) is 0 Å². The Bertz CT molecular complexity index is 607. The summed E-state index contributed by atoms with van der Waals surface area (Å²) in [6, 6.07) is 8.00. The van der Waals surface area contributed by atoms with Crippen LogP contribution in [0.4, 0.5) is 21.6 Å². The summed E-state index contributed by atoms with van der Waals surface area (Å²) in [4.78, 5) is 4.24. The zero-order chi connectivity index (χ0) is 14.5. The van der Waals surface area contributed by atoms with E-state index in [4.69, 9.17) is 10.5 Å². The molecule has 0 saturated carbocycles. The van der Waals surface area contributed by atoms with E-state index in [1.807, 2.05) is 6.92 Å². The summed E-state index contributed by atoms with van der Waals surface area (Å²) in [7, 11) is 0. The van der Waals surface area contributed by atoms with Gasteiger partial charge < -0.3 is 15.8 Å². The van der Waals surface area contributed by atoms with E-state index in [1.54, 1.807) is 24.3 Å². The molecule has 3 N–H and O–H groups in total. The molecule has 20 heavy (non-hydrogen) atoms. The Morgan fingerprint density at radius 2 is 2.15 bits per heavy atom. The minimum Gasteiger partial charge on any atom is -0.476 e. The summed E-state index contributed by atoms with van der Waals surface area (Å²) < 4.78 is 19.9. The lowest BCUT2D eigenvalue weighted by Crippen LogP contribution is -2.04. The maximum absolute atomic E-state index is 13.7. The Kier molecular flexibility index (Phi) is 4.79. The van der Waals surface area contributed by atoms with Crippen LogP contribution in [0.1, 0.15) is 13.3 Å². The lowest BCUT2D eigenvalue weighted by molar-refractivity contribution is 0.307. The fourth-order valence-electron chi connectivity index (χ4n) is 1.57. The molecule has 0 aliphatic heterocycles. The highest BCUT2D eigenvalue weighted by atomic mass is 79.9. The van der Waals surface area contributed by atoms with Crippen molar-refractivity contribution in [2.45, 2.75) is 13.3 Å². The van der Waals surface area contributed by atoms with Gasteiger partial charge in [0.2, 0.25) is 5.88 Å². The predicted molar refractivity (Wildman–Crippen MR) is 81.8 cm³/mol. The van der Waals surface area contributed by atoms with Gasteiger partial charge in [0, 0.05) is 4.47 Å². The van der Waals surface area contributed by atoms with Gasteiger partial charge in [-0.2, -0.15) is 4.98 Å². The molecule has 1 aromatic heterocycles. The van der Waals surface area contributed by atoms with Crippen LogP contribution in [0.25, 0.3) is 0 Å². The molecular formula is C14H15BrFN3O. The van der Waals surface area contributed by atoms with E-state index < -0.39 is 0 Å². The average molecular weight is 340 g/mol. The number of ether oxygens (including phenoxy) is 1. The normalized spacial score (nSPS) is 10.3. The summed E-state index contributed by atoms with van der Waals surface area (Å²) in [6.45, 7) is 2.53. The SMILES string of the molecule is CCCOc1nc(Nc2cc(Br)ccc2F)ccc1N. The second kappa shape index (κ2) is 6.56. The molecule has 6 heteroatoms. The van der Waals surface area contributed by atoms with Crippen LogP contribution in [0.5, 0.6) is 5.88 Å².